The highest BCUT2D eigenvalue weighted by Gasteiger charge is 2.18. The normalized spacial score (nSPS) is 12.3. The van der Waals surface area contributed by atoms with E-state index in [4.69, 9.17) is 4.74 Å². The van der Waals surface area contributed by atoms with E-state index < -0.39 is 6.10 Å². The van der Waals surface area contributed by atoms with Gasteiger partial charge >= 0.3 is 0 Å². The molecule has 1 atom stereocenters. The van der Waals surface area contributed by atoms with E-state index in [1.54, 1.807) is 30.3 Å². The van der Waals surface area contributed by atoms with Crippen LogP contribution in [0.25, 0.3) is 0 Å². The standard InChI is InChI=1S/C16H17F2NO/c1-19-10-11-20-16(12-6-8-13(17)9-7-12)14-4-2-3-5-15(14)18/h2-9,16,19H,10-11H2,1H3. The van der Waals surface area contributed by atoms with Crippen molar-refractivity contribution in [3.05, 3.63) is 71.3 Å². The molecule has 2 aromatic rings. The molecule has 2 rings (SSSR count). The average Bonchev–Trinajstić information content (AvgIpc) is 2.46. The van der Waals surface area contributed by atoms with Gasteiger partial charge in [-0.05, 0) is 30.8 Å². The average molecular weight is 277 g/mol. The second-order valence-corrected chi connectivity index (χ2v) is 4.43. The molecule has 0 bridgehead atoms. The number of hydrogen-bond acceptors (Lipinski definition) is 2. The lowest BCUT2D eigenvalue weighted by Crippen LogP contribution is -2.17. The van der Waals surface area contributed by atoms with Crippen LogP contribution in [0.5, 0.6) is 0 Å². The van der Waals surface area contributed by atoms with Crippen LogP contribution in [0.15, 0.2) is 48.5 Å². The maximum absolute atomic E-state index is 13.9. The maximum atomic E-state index is 13.9. The third-order valence-electron chi connectivity index (χ3n) is 3.00. The van der Waals surface area contributed by atoms with Crippen LogP contribution in [-0.2, 0) is 4.74 Å². The van der Waals surface area contributed by atoms with Crippen molar-refractivity contribution in [1.29, 1.82) is 0 Å². The second kappa shape index (κ2) is 7.12. The Balaban J connectivity index is 2.29. The van der Waals surface area contributed by atoms with E-state index in [0.717, 1.165) is 5.56 Å². The molecule has 0 spiro atoms. The SMILES string of the molecule is CNCCOC(c1ccc(F)cc1)c1ccccc1F. The largest absolute Gasteiger partial charge is 0.367 e. The Morgan fingerprint density at radius 1 is 1.05 bits per heavy atom. The molecule has 0 saturated heterocycles. The molecule has 0 saturated carbocycles. The number of rotatable bonds is 6. The quantitative estimate of drug-likeness (QED) is 0.818. The lowest BCUT2D eigenvalue weighted by molar-refractivity contribution is 0.0806. The van der Waals surface area contributed by atoms with E-state index in [-0.39, 0.29) is 11.6 Å². The summed E-state index contributed by atoms with van der Waals surface area (Å²) < 4.78 is 32.7. The van der Waals surface area contributed by atoms with Gasteiger partial charge in [0.2, 0.25) is 0 Å². The summed E-state index contributed by atoms with van der Waals surface area (Å²) in [5.41, 5.74) is 1.18. The first-order valence-electron chi connectivity index (χ1n) is 6.48. The van der Waals surface area contributed by atoms with Crippen molar-refractivity contribution in [3.63, 3.8) is 0 Å². The number of nitrogens with one attached hydrogen (secondary N) is 1. The van der Waals surface area contributed by atoms with E-state index in [1.165, 1.54) is 18.2 Å². The minimum absolute atomic E-state index is 0.323. The predicted molar refractivity (Wildman–Crippen MR) is 74.5 cm³/mol. The Labute approximate surface area is 117 Å². The monoisotopic (exact) mass is 277 g/mol. The van der Waals surface area contributed by atoms with Crippen molar-refractivity contribution in [2.45, 2.75) is 6.10 Å². The van der Waals surface area contributed by atoms with E-state index in [9.17, 15) is 8.78 Å². The first-order chi connectivity index (χ1) is 9.72. The third kappa shape index (κ3) is 3.62. The smallest absolute Gasteiger partial charge is 0.129 e. The molecule has 0 aliphatic rings. The summed E-state index contributed by atoms with van der Waals surface area (Å²) in [5, 5.41) is 2.97. The fourth-order valence-electron chi connectivity index (χ4n) is 1.97. The number of ether oxygens (including phenoxy) is 1. The third-order valence-corrected chi connectivity index (χ3v) is 3.00. The summed E-state index contributed by atoms with van der Waals surface area (Å²) in [7, 11) is 1.82. The van der Waals surface area contributed by atoms with Gasteiger partial charge in [0.15, 0.2) is 0 Å². The van der Waals surface area contributed by atoms with Crippen LogP contribution in [0.2, 0.25) is 0 Å². The lowest BCUT2D eigenvalue weighted by Gasteiger charge is -2.19. The zero-order valence-electron chi connectivity index (χ0n) is 11.3. The molecule has 106 valence electrons. The summed E-state index contributed by atoms with van der Waals surface area (Å²) in [6.45, 7) is 1.10. The van der Waals surface area contributed by atoms with Gasteiger partial charge in [-0.1, -0.05) is 30.3 Å². The van der Waals surface area contributed by atoms with Crippen LogP contribution >= 0.6 is 0 Å². The molecular weight excluding hydrogens is 260 g/mol. The predicted octanol–water partition coefficient (Wildman–Crippen LogP) is 3.29. The van der Waals surface area contributed by atoms with Crippen molar-refractivity contribution in [2.24, 2.45) is 0 Å². The van der Waals surface area contributed by atoms with Gasteiger partial charge in [-0.25, -0.2) is 8.78 Å². The fourth-order valence-corrected chi connectivity index (χ4v) is 1.97. The van der Waals surface area contributed by atoms with Crippen LogP contribution in [0.3, 0.4) is 0 Å². The van der Waals surface area contributed by atoms with E-state index in [2.05, 4.69) is 5.32 Å². The summed E-state index contributed by atoms with van der Waals surface area (Å²) in [6, 6.07) is 12.4. The number of halogens is 2. The van der Waals surface area contributed by atoms with Crippen LogP contribution < -0.4 is 5.32 Å². The van der Waals surface area contributed by atoms with Crippen molar-refractivity contribution >= 4 is 0 Å². The molecule has 1 unspecified atom stereocenters. The number of benzene rings is 2. The van der Waals surface area contributed by atoms with Gasteiger partial charge in [0, 0.05) is 12.1 Å². The maximum Gasteiger partial charge on any atom is 0.129 e. The Morgan fingerprint density at radius 2 is 1.75 bits per heavy atom. The Morgan fingerprint density at radius 3 is 2.40 bits per heavy atom. The second-order valence-electron chi connectivity index (χ2n) is 4.43. The first-order valence-corrected chi connectivity index (χ1v) is 6.48. The summed E-state index contributed by atoms with van der Waals surface area (Å²) >= 11 is 0. The van der Waals surface area contributed by atoms with Gasteiger partial charge < -0.3 is 10.1 Å². The molecule has 1 N–H and O–H groups in total. The molecule has 0 aromatic heterocycles. The molecule has 0 heterocycles. The zero-order chi connectivity index (χ0) is 14.4. The molecule has 2 nitrogen and oxygen atoms in total. The molecule has 20 heavy (non-hydrogen) atoms. The van der Waals surface area contributed by atoms with E-state index in [0.29, 0.717) is 18.7 Å². The van der Waals surface area contributed by atoms with E-state index >= 15 is 0 Å². The van der Waals surface area contributed by atoms with Crippen molar-refractivity contribution in [1.82, 2.24) is 5.32 Å². The van der Waals surface area contributed by atoms with Gasteiger partial charge in [0.1, 0.15) is 17.7 Å². The fraction of sp³-hybridized carbons (Fsp3) is 0.250. The molecular formula is C16H17F2NO. The van der Waals surface area contributed by atoms with Crippen LogP contribution in [0, 0.1) is 11.6 Å². The van der Waals surface area contributed by atoms with E-state index in [1.807, 2.05) is 7.05 Å². The van der Waals surface area contributed by atoms with Gasteiger partial charge in [-0.15, -0.1) is 0 Å². The van der Waals surface area contributed by atoms with Crippen molar-refractivity contribution in [3.8, 4) is 0 Å². The Kier molecular flexibility index (Phi) is 5.21. The highest BCUT2D eigenvalue weighted by Crippen LogP contribution is 2.28. The lowest BCUT2D eigenvalue weighted by atomic mass is 10.0. The summed E-state index contributed by atoms with van der Waals surface area (Å²) in [4.78, 5) is 0. The van der Waals surface area contributed by atoms with Crippen LogP contribution in [0.4, 0.5) is 8.78 Å². The molecule has 0 fully saturated rings. The Hall–Kier alpha value is -1.78. The zero-order valence-corrected chi connectivity index (χ0v) is 11.3. The summed E-state index contributed by atoms with van der Waals surface area (Å²) in [5.74, 6) is -0.650. The highest BCUT2D eigenvalue weighted by atomic mass is 19.1. The Bertz CT molecular complexity index is 542. The van der Waals surface area contributed by atoms with Crippen molar-refractivity contribution < 1.29 is 13.5 Å². The minimum atomic E-state index is -0.537. The van der Waals surface area contributed by atoms with Crippen LogP contribution in [-0.4, -0.2) is 20.2 Å². The summed E-state index contributed by atoms with van der Waals surface area (Å²) in [6.07, 6.45) is -0.537. The molecule has 2 aromatic carbocycles. The van der Waals surface area contributed by atoms with Gasteiger partial charge in [-0.2, -0.15) is 0 Å². The number of likely N-dealkylation sites (N-methyl/N-ethyl adjacent to an activating group) is 1. The van der Waals surface area contributed by atoms with Crippen LogP contribution in [0.1, 0.15) is 17.2 Å². The number of hydrogen-bond donors (Lipinski definition) is 1. The van der Waals surface area contributed by atoms with Crippen molar-refractivity contribution in [2.75, 3.05) is 20.2 Å². The molecule has 0 radical (unpaired) electrons. The van der Waals surface area contributed by atoms with Gasteiger partial charge in [0.05, 0.1) is 6.61 Å². The molecule has 0 amide bonds. The van der Waals surface area contributed by atoms with Gasteiger partial charge in [0.25, 0.3) is 0 Å². The highest BCUT2D eigenvalue weighted by molar-refractivity contribution is 5.31. The van der Waals surface area contributed by atoms with Gasteiger partial charge in [-0.3, -0.25) is 0 Å². The molecule has 0 aliphatic carbocycles. The molecule has 4 heteroatoms. The minimum Gasteiger partial charge on any atom is -0.367 e. The molecule has 0 aliphatic heterocycles. The topological polar surface area (TPSA) is 21.3 Å². The first kappa shape index (κ1) is 14.6.